The normalized spacial score (nSPS) is 12.0. The average molecular weight is 326 g/mol. The molecule has 6 heteroatoms. The Morgan fingerprint density at radius 1 is 0.917 bits per heavy atom. The Balaban J connectivity index is 1.84. The highest BCUT2D eigenvalue weighted by molar-refractivity contribution is 6.06. The van der Waals surface area contributed by atoms with Crippen molar-refractivity contribution in [1.29, 1.82) is 0 Å². The second-order valence-corrected chi connectivity index (χ2v) is 5.69. The first-order chi connectivity index (χ1) is 11.4. The molecular weight excluding hydrogens is 308 g/mol. The highest BCUT2D eigenvalue weighted by Gasteiger charge is 2.17. The number of hydrogen-bond acceptors (Lipinski definition) is 4. The number of amides is 2. The molecule has 0 aromatic heterocycles. The molecule has 24 heavy (non-hydrogen) atoms. The maximum Gasteiger partial charge on any atom is 0.255 e. The van der Waals surface area contributed by atoms with Gasteiger partial charge in [-0.3, -0.25) is 9.59 Å². The summed E-state index contributed by atoms with van der Waals surface area (Å²) < 4.78 is 10.7. The SMILES string of the molecule is CC(=O)Nc1cc(C(=O)Nc2cc3c(cc2C)OCO3)ccc1C. The molecule has 2 N–H and O–H groups in total. The van der Waals surface area contributed by atoms with Crippen molar-refractivity contribution in [1.82, 2.24) is 0 Å². The molecule has 0 radical (unpaired) electrons. The molecule has 2 aromatic rings. The zero-order valence-corrected chi connectivity index (χ0v) is 13.7. The van der Waals surface area contributed by atoms with Crippen LogP contribution in [0.25, 0.3) is 0 Å². The van der Waals surface area contributed by atoms with Gasteiger partial charge >= 0.3 is 0 Å². The van der Waals surface area contributed by atoms with E-state index in [1.807, 2.05) is 19.9 Å². The molecule has 0 aliphatic carbocycles. The summed E-state index contributed by atoms with van der Waals surface area (Å²) in [5, 5.41) is 5.59. The number of anilines is 2. The minimum Gasteiger partial charge on any atom is -0.454 e. The Morgan fingerprint density at radius 2 is 1.58 bits per heavy atom. The third kappa shape index (κ3) is 3.17. The van der Waals surface area contributed by atoms with Gasteiger partial charge in [0.2, 0.25) is 12.7 Å². The Bertz CT molecular complexity index is 830. The van der Waals surface area contributed by atoms with Crippen molar-refractivity contribution >= 4 is 23.2 Å². The van der Waals surface area contributed by atoms with E-state index in [9.17, 15) is 9.59 Å². The van der Waals surface area contributed by atoms with Crippen LogP contribution in [-0.4, -0.2) is 18.6 Å². The molecular formula is C18H18N2O4. The minimum atomic E-state index is -0.261. The summed E-state index contributed by atoms with van der Waals surface area (Å²) in [6.45, 7) is 5.37. The number of aryl methyl sites for hydroxylation is 2. The van der Waals surface area contributed by atoms with Crippen molar-refractivity contribution in [3.63, 3.8) is 0 Å². The van der Waals surface area contributed by atoms with Gasteiger partial charge in [0.15, 0.2) is 11.5 Å². The van der Waals surface area contributed by atoms with E-state index in [0.717, 1.165) is 11.1 Å². The van der Waals surface area contributed by atoms with Gasteiger partial charge in [0.1, 0.15) is 0 Å². The molecule has 0 bridgehead atoms. The van der Waals surface area contributed by atoms with E-state index in [1.165, 1.54) is 6.92 Å². The zero-order valence-electron chi connectivity index (χ0n) is 13.7. The number of fused-ring (bicyclic) bond motifs is 1. The predicted molar refractivity (Wildman–Crippen MR) is 90.7 cm³/mol. The third-order valence-electron chi connectivity index (χ3n) is 3.78. The van der Waals surface area contributed by atoms with Gasteiger partial charge < -0.3 is 20.1 Å². The number of ether oxygens (including phenoxy) is 2. The standard InChI is InChI=1S/C18H18N2O4/c1-10-4-5-13(7-14(10)19-12(3)21)18(22)20-15-8-17-16(6-11(15)2)23-9-24-17/h4-8H,9H2,1-3H3,(H,19,21)(H,20,22). The third-order valence-corrected chi connectivity index (χ3v) is 3.78. The Kier molecular flexibility index (Phi) is 4.12. The maximum atomic E-state index is 12.5. The van der Waals surface area contributed by atoms with E-state index in [1.54, 1.807) is 24.3 Å². The number of benzene rings is 2. The first-order valence-corrected chi connectivity index (χ1v) is 7.54. The van der Waals surface area contributed by atoms with Crippen LogP contribution in [0.4, 0.5) is 11.4 Å². The zero-order chi connectivity index (χ0) is 17.3. The van der Waals surface area contributed by atoms with Crippen LogP contribution < -0.4 is 20.1 Å². The minimum absolute atomic E-state index is 0.178. The number of carbonyl (C=O) groups is 2. The summed E-state index contributed by atoms with van der Waals surface area (Å²) in [4.78, 5) is 23.8. The summed E-state index contributed by atoms with van der Waals surface area (Å²) in [5.74, 6) is 0.846. The molecule has 0 atom stereocenters. The van der Waals surface area contributed by atoms with Crippen molar-refractivity contribution in [3.05, 3.63) is 47.0 Å². The van der Waals surface area contributed by atoms with E-state index >= 15 is 0 Å². The van der Waals surface area contributed by atoms with Crippen LogP contribution in [0.15, 0.2) is 30.3 Å². The molecule has 1 aliphatic rings. The second kappa shape index (κ2) is 6.23. The lowest BCUT2D eigenvalue weighted by Gasteiger charge is -2.12. The summed E-state index contributed by atoms with van der Waals surface area (Å²) in [7, 11) is 0. The lowest BCUT2D eigenvalue weighted by Crippen LogP contribution is -2.14. The van der Waals surface area contributed by atoms with Crippen molar-refractivity contribution in [2.75, 3.05) is 17.4 Å². The van der Waals surface area contributed by atoms with E-state index in [0.29, 0.717) is 28.4 Å². The first kappa shape index (κ1) is 15.9. The van der Waals surface area contributed by atoms with Crippen molar-refractivity contribution < 1.29 is 19.1 Å². The van der Waals surface area contributed by atoms with Gasteiger partial charge in [-0.1, -0.05) is 6.07 Å². The summed E-state index contributed by atoms with van der Waals surface area (Å²) in [6, 6.07) is 8.76. The molecule has 1 heterocycles. The lowest BCUT2D eigenvalue weighted by atomic mass is 10.1. The quantitative estimate of drug-likeness (QED) is 0.908. The molecule has 124 valence electrons. The highest BCUT2D eigenvalue weighted by Crippen LogP contribution is 2.36. The topological polar surface area (TPSA) is 76.7 Å². The summed E-state index contributed by atoms with van der Waals surface area (Å²) in [5.41, 5.74) is 3.51. The number of rotatable bonds is 3. The molecule has 2 aromatic carbocycles. The average Bonchev–Trinajstić information content (AvgIpc) is 2.96. The largest absolute Gasteiger partial charge is 0.454 e. The smallest absolute Gasteiger partial charge is 0.255 e. The summed E-state index contributed by atoms with van der Waals surface area (Å²) >= 11 is 0. The molecule has 3 rings (SSSR count). The Labute approximate surface area is 139 Å². The monoisotopic (exact) mass is 326 g/mol. The fourth-order valence-electron chi connectivity index (χ4n) is 2.46. The van der Waals surface area contributed by atoms with Crippen LogP contribution >= 0.6 is 0 Å². The van der Waals surface area contributed by atoms with Crippen LogP contribution in [0.2, 0.25) is 0 Å². The van der Waals surface area contributed by atoms with Gasteiger partial charge in [0.25, 0.3) is 5.91 Å². The molecule has 0 unspecified atom stereocenters. The fraction of sp³-hybridized carbons (Fsp3) is 0.222. The van der Waals surface area contributed by atoms with Crippen LogP contribution in [-0.2, 0) is 4.79 Å². The molecule has 0 saturated carbocycles. The van der Waals surface area contributed by atoms with Gasteiger partial charge in [0.05, 0.1) is 0 Å². The van der Waals surface area contributed by atoms with Gasteiger partial charge in [-0.2, -0.15) is 0 Å². The fourth-order valence-corrected chi connectivity index (χ4v) is 2.46. The van der Waals surface area contributed by atoms with E-state index in [2.05, 4.69) is 10.6 Å². The number of carbonyl (C=O) groups excluding carboxylic acids is 2. The molecule has 0 fully saturated rings. The van der Waals surface area contributed by atoms with E-state index < -0.39 is 0 Å². The molecule has 2 amide bonds. The maximum absolute atomic E-state index is 12.5. The summed E-state index contributed by atoms with van der Waals surface area (Å²) in [6.07, 6.45) is 0. The van der Waals surface area contributed by atoms with Gasteiger partial charge in [-0.05, 0) is 43.2 Å². The van der Waals surface area contributed by atoms with E-state index in [4.69, 9.17) is 9.47 Å². The lowest BCUT2D eigenvalue weighted by molar-refractivity contribution is -0.114. The van der Waals surface area contributed by atoms with Crippen LogP contribution in [0.1, 0.15) is 28.4 Å². The van der Waals surface area contributed by atoms with Crippen molar-refractivity contribution in [2.45, 2.75) is 20.8 Å². The first-order valence-electron chi connectivity index (χ1n) is 7.54. The second-order valence-electron chi connectivity index (χ2n) is 5.69. The van der Waals surface area contributed by atoms with Gasteiger partial charge in [0, 0.05) is 29.9 Å². The van der Waals surface area contributed by atoms with Crippen LogP contribution in [0, 0.1) is 13.8 Å². The highest BCUT2D eigenvalue weighted by atomic mass is 16.7. The predicted octanol–water partition coefficient (Wildman–Crippen LogP) is 3.24. The van der Waals surface area contributed by atoms with Crippen LogP contribution in [0.3, 0.4) is 0 Å². The molecule has 1 aliphatic heterocycles. The van der Waals surface area contributed by atoms with Gasteiger partial charge in [-0.25, -0.2) is 0 Å². The van der Waals surface area contributed by atoms with Crippen LogP contribution in [0.5, 0.6) is 11.5 Å². The number of nitrogens with one attached hydrogen (secondary N) is 2. The van der Waals surface area contributed by atoms with E-state index in [-0.39, 0.29) is 18.6 Å². The molecule has 0 spiro atoms. The Hall–Kier alpha value is -3.02. The van der Waals surface area contributed by atoms with Crippen molar-refractivity contribution in [2.24, 2.45) is 0 Å². The van der Waals surface area contributed by atoms with Crippen molar-refractivity contribution in [3.8, 4) is 11.5 Å². The Morgan fingerprint density at radius 3 is 2.29 bits per heavy atom. The molecule has 0 saturated heterocycles. The van der Waals surface area contributed by atoms with Gasteiger partial charge in [-0.15, -0.1) is 0 Å². The number of hydrogen-bond donors (Lipinski definition) is 2. The molecule has 6 nitrogen and oxygen atoms in total.